The average molecular weight is 391 g/mol. The zero-order valence-corrected chi connectivity index (χ0v) is 14.9. The summed E-state index contributed by atoms with van der Waals surface area (Å²) < 4.78 is 5.15. The van der Waals surface area contributed by atoms with Crippen LogP contribution in [0, 0.1) is 6.92 Å². The molecule has 132 valence electrons. The Morgan fingerprint density at radius 2 is 1.88 bits per heavy atom. The Kier molecular flexibility index (Phi) is 4.97. The average Bonchev–Trinajstić information content (AvgIpc) is 2.96. The van der Waals surface area contributed by atoms with E-state index in [4.69, 9.17) is 27.7 Å². The van der Waals surface area contributed by atoms with Crippen molar-refractivity contribution in [1.82, 2.24) is 5.16 Å². The van der Waals surface area contributed by atoms with Crippen molar-refractivity contribution in [2.45, 2.75) is 6.92 Å². The number of nitrogens with one attached hydrogen (secondary N) is 1. The smallest absolute Gasteiger partial charge is 0.337 e. The summed E-state index contributed by atoms with van der Waals surface area (Å²) in [6.45, 7) is 1.58. The number of carbonyl (C=O) groups is 2. The zero-order valence-electron chi connectivity index (χ0n) is 13.4. The first-order valence-corrected chi connectivity index (χ1v) is 8.19. The molecule has 0 aliphatic rings. The van der Waals surface area contributed by atoms with Crippen molar-refractivity contribution in [1.29, 1.82) is 0 Å². The number of hydrogen-bond donors (Lipinski definition) is 2. The maximum Gasteiger partial charge on any atom is 0.337 e. The SMILES string of the molecule is Cc1onc(-c2ccccc2Cl)c1C(=O)Nc1cc(Cl)ccc1C(=O)O. The first-order chi connectivity index (χ1) is 12.4. The second kappa shape index (κ2) is 7.19. The number of aromatic nitrogens is 1. The van der Waals surface area contributed by atoms with Crippen LogP contribution >= 0.6 is 23.2 Å². The van der Waals surface area contributed by atoms with Crippen molar-refractivity contribution in [3.05, 3.63) is 69.4 Å². The minimum absolute atomic E-state index is 0.0701. The van der Waals surface area contributed by atoms with E-state index in [1.807, 2.05) is 0 Å². The fourth-order valence-electron chi connectivity index (χ4n) is 2.47. The third kappa shape index (κ3) is 3.42. The Balaban J connectivity index is 2.03. The molecule has 6 nitrogen and oxygen atoms in total. The molecule has 2 aromatic carbocycles. The summed E-state index contributed by atoms with van der Waals surface area (Å²) in [6.07, 6.45) is 0. The highest BCUT2D eigenvalue weighted by Crippen LogP contribution is 2.32. The monoisotopic (exact) mass is 390 g/mol. The molecule has 0 radical (unpaired) electrons. The van der Waals surface area contributed by atoms with Gasteiger partial charge in [-0.2, -0.15) is 0 Å². The Hall–Kier alpha value is -2.83. The molecule has 8 heteroatoms. The Morgan fingerprint density at radius 1 is 1.15 bits per heavy atom. The van der Waals surface area contributed by atoms with Gasteiger partial charge < -0.3 is 14.9 Å². The number of hydrogen-bond acceptors (Lipinski definition) is 4. The molecule has 26 heavy (non-hydrogen) atoms. The van der Waals surface area contributed by atoms with Gasteiger partial charge in [0.1, 0.15) is 17.0 Å². The summed E-state index contributed by atoms with van der Waals surface area (Å²) in [5.74, 6) is -1.50. The molecule has 1 heterocycles. The minimum Gasteiger partial charge on any atom is -0.478 e. The third-order valence-electron chi connectivity index (χ3n) is 3.68. The largest absolute Gasteiger partial charge is 0.478 e. The van der Waals surface area contributed by atoms with Crippen LogP contribution in [-0.4, -0.2) is 22.1 Å². The predicted octanol–water partition coefficient (Wildman–Crippen LogP) is 4.91. The van der Waals surface area contributed by atoms with Crippen LogP contribution in [0.3, 0.4) is 0 Å². The first kappa shape index (κ1) is 18.0. The molecular weight excluding hydrogens is 379 g/mol. The molecule has 2 N–H and O–H groups in total. The maximum atomic E-state index is 12.8. The van der Waals surface area contributed by atoms with Gasteiger partial charge in [-0.15, -0.1) is 0 Å². The number of aryl methyl sites for hydroxylation is 1. The Bertz CT molecular complexity index is 1010. The lowest BCUT2D eigenvalue weighted by Gasteiger charge is -2.09. The van der Waals surface area contributed by atoms with Crippen molar-refractivity contribution in [3.63, 3.8) is 0 Å². The summed E-state index contributed by atoms with van der Waals surface area (Å²) in [6, 6.07) is 11.0. The number of rotatable bonds is 4. The lowest BCUT2D eigenvalue weighted by Crippen LogP contribution is -2.16. The van der Waals surface area contributed by atoms with Crippen molar-refractivity contribution < 1.29 is 19.2 Å². The van der Waals surface area contributed by atoms with Crippen molar-refractivity contribution in [3.8, 4) is 11.3 Å². The summed E-state index contributed by atoms with van der Waals surface area (Å²) in [4.78, 5) is 24.2. The van der Waals surface area contributed by atoms with Gasteiger partial charge in [-0.1, -0.05) is 46.6 Å². The normalized spacial score (nSPS) is 10.6. The van der Waals surface area contributed by atoms with E-state index >= 15 is 0 Å². The highest BCUT2D eigenvalue weighted by atomic mass is 35.5. The molecule has 0 bridgehead atoms. The van der Waals surface area contributed by atoms with Crippen LogP contribution in [0.1, 0.15) is 26.5 Å². The van der Waals surface area contributed by atoms with Crippen LogP contribution in [0.5, 0.6) is 0 Å². The van der Waals surface area contributed by atoms with E-state index in [9.17, 15) is 14.7 Å². The molecule has 0 fully saturated rings. The quantitative estimate of drug-likeness (QED) is 0.660. The van der Waals surface area contributed by atoms with Crippen molar-refractivity contribution >= 4 is 40.8 Å². The first-order valence-electron chi connectivity index (χ1n) is 7.44. The number of carboxylic acids is 1. The van der Waals surface area contributed by atoms with Crippen LogP contribution in [0.2, 0.25) is 10.0 Å². The van der Waals surface area contributed by atoms with E-state index in [0.717, 1.165) is 0 Å². The lowest BCUT2D eigenvalue weighted by atomic mass is 10.1. The number of carbonyl (C=O) groups excluding carboxylic acids is 1. The predicted molar refractivity (Wildman–Crippen MR) is 98.1 cm³/mol. The van der Waals surface area contributed by atoms with Gasteiger partial charge in [0, 0.05) is 10.6 Å². The van der Waals surface area contributed by atoms with E-state index in [1.54, 1.807) is 31.2 Å². The number of aromatic carboxylic acids is 1. The molecule has 0 atom stereocenters. The summed E-state index contributed by atoms with van der Waals surface area (Å²) in [7, 11) is 0. The Morgan fingerprint density at radius 3 is 2.58 bits per heavy atom. The Labute approximate surface area is 158 Å². The molecule has 1 aromatic heterocycles. The van der Waals surface area contributed by atoms with Crippen LogP contribution in [0.15, 0.2) is 47.0 Å². The van der Waals surface area contributed by atoms with Gasteiger partial charge in [-0.05, 0) is 31.2 Å². The molecule has 0 aliphatic carbocycles. The van der Waals surface area contributed by atoms with Gasteiger partial charge >= 0.3 is 5.97 Å². The van der Waals surface area contributed by atoms with Crippen molar-refractivity contribution in [2.75, 3.05) is 5.32 Å². The number of halogens is 2. The molecule has 0 saturated carbocycles. The van der Waals surface area contributed by atoms with Gasteiger partial charge in [-0.25, -0.2) is 4.79 Å². The fourth-order valence-corrected chi connectivity index (χ4v) is 2.87. The molecule has 3 rings (SSSR count). The number of carboxylic acid groups (broad SMARTS) is 1. The van der Waals surface area contributed by atoms with E-state index in [1.165, 1.54) is 18.2 Å². The van der Waals surface area contributed by atoms with Crippen molar-refractivity contribution in [2.24, 2.45) is 0 Å². The van der Waals surface area contributed by atoms with Gasteiger partial charge in [0.05, 0.1) is 16.3 Å². The number of anilines is 1. The molecule has 0 spiro atoms. The number of benzene rings is 2. The highest BCUT2D eigenvalue weighted by molar-refractivity contribution is 6.33. The van der Waals surface area contributed by atoms with Crippen LogP contribution in [0.25, 0.3) is 11.3 Å². The van der Waals surface area contributed by atoms with Gasteiger partial charge in [0.15, 0.2) is 0 Å². The van der Waals surface area contributed by atoms with Gasteiger partial charge in [0.2, 0.25) is 0 Å². The minimum atomic E-state index is -1.19. The molecule has 0 unspecified atom stereocenters. The highest BCUT2D eigenvalue weighted by Gasteiger charge is 2.24. The maximum absolute atomic E-state index is 12.8. The van der Waals surface area contributed by atoms with E-state index in [0.29, 0.717) is 15.6 Å². The number of nitrogens with zero attached hydrogens (tertiary/aromatic N) is 1. The summed E-state index contributed by atoms with van der Waals surface area (Å²) in [5, 5.41) is 16.5. The molecule has 1 amide bonds. The third-order valence-corrected chi connectivity index (χ3v) is 4.24. The van der Waals surface area contributed by atoms with Crippen LogP contribution < -0.4 is 5.32 Å². The molecule has 3 aromatic rings. The van der Waals surface area contributed by atoms with E-state index in [-0.39, 0.29) is 28.3 Å². The molecule has 0 saturated heterocycles. The topological polar surface area (TPSA) is 92.4 Å². The second-order valence-electron chi connectivity index (χ2n) is 5.39. The molecular formula is C18H12Cl2N2O4. The summed E-state index contributed by atoms with van der Waals surface area (Å²) in [5.41, 5.74) is 0.941. The van der Waals surface area contributed by atoms with Crippen LogP contribution in [-0.2, 0) is 0 Å². The molecule has 0 aliphatic heterocycles. The fraction of sp³-hybridized carbons (Fsp3) is 0.0556. The van der Waals surface area contributed by atoms with Gasteiger partial charge in [0.25, 0.3) is 5.91 Å². The standard InChI is InChI=1S/C18H12Cl2N2O4/c1-9-15(16(22-26-9)11-4-2-3-5-13(11)20)17(23)21-14-8-10(19)6-7-12(14)18(24)25/h2-8H,1H3,(H,21,23)(H,24,25). The zero-order chi connectivity index (χ0) is 18.8. The van der Waals surface area contributed by atoms with E-state index < -0.39 is 11.9 Å². The summed E-state index contributed by atoms with van der Waals surface area (Å²) >= 11 is 12.1. The van der Waals surface area contributed by atoms with Crippen LogP contribution in [0.4, 0.5) is 5.69 Å². The lowest BCUT2D eigenvalue weighted by molar-refractivity contribution is 0.0698. The van der Waals surface area contributed by atoms with E-state index in [2.05, 4.69) is 10.5 Å². The number of amides is 1. The van der Waals surface area contributed by atoms with Gasteiger partial charge in [-0.3, -0.25) is 4.79 Å². The second-order valence-corrected chi connectivity index (χ2v) is 6.24.